The van der Waals surface area contributed by atoms with E-state index in [1.807, 2.05) is 13.8 Å². The number of rotatable bonds is 4. The first kappa shape index (κ1) is 9.92. The van der Waals surface area contributed by atoms with Crippen molar-refractivity contribution >= 4 is 0 Å². The van der Waals surface area contributed by atoms with Gasteiger partial charge in [-0.2, -0.15) is 0 Å². The molecule has 0 radical (unpaired) electrons. The van der Waals surface area contributed by atoms with E-state index in [4.69, 9.17) is 9.84 Å². The van der Waals surface area contributed by atoms with Gasteiger partial charge in [0, 0.05) is 11.8 Å². The minimum atomic E-state index is -0.0279. The highest BCUT2D eigenvalue weighted by Crippen LogP contribution is 2.08. The summed E-state index contributed by atoms with van der Waals surface area (Å²) in [4.78, 5) is 8.04. The van der Waals surface area contributed by atoms with E-state index in [0.29, 0.717) is 12.6 Å². The molecular weight excluding hydrogens is 168 g/mol. The summed E-state index contributed by atoms with van der Waals surface area (Å²) in [6.07, 6.45) is 2.53. The van der Waals surface area contributed by atoms with Crippen molar-refractivity contribution in [2.75, 3.05) is 6.61 Å². The normalized spacial score (nSPS) is 10.1. The Morgan fingerprint density at radius 2 is 2.31 bits per heavy atom. The van der Waals surface area contributed by atoms with Crippen LogP contribution in [0.15, 0.2) is 6.20 Å². The SMILES string of the molecule is CCCOc1ncc(CO)c(C)n1. The molecule has 0 bridgehead atoms. The molecule has 13 heavy (non-hydrogen) atoms. The van der Waals surface area contributed by atoms with Crippen LogP contribution in [0.3, 0.4) is 0 Å². The minimum absolute atomic E-state index is 0.0279. The van der Waals surface area contributed by atoms with Crippen LogP contribution in [-0.2, 0) is 6.61 Å². The van der Waals surface area contributed by atoms with Crippen LogP contribution in [0.1, 0.15) is 24.6 Å². The molecule has 0 amide bonds. The van der Waals surface area contributed by atoms with Gasteiger partial charge in [-0.15, -0.1) is 0 Å². The van der Waals surface area contributed by atoms with E-state index in [9.17, 15) is 0 Å². The predicted molar refractivity (Wildman–Crippen MR) is 48.5 cm³/mol. The fourth-order valence-electron chi connectivity index (χ4n) is 0.889. The smallest absolute Gasteiger partial charge is 0.316 e. The van der Waals surface area contributed by atoms with Crippen LogP contribution in [0.5, 0.6) is 6.01 Å². The van der Waals surface area contributed by atoms with Crippen molar-refractivity contribution in [3.8, 4) is 6.01 Å². The molecule has 1 aromatic heterocycles. The molecule has 1 heterocycles. The lowest BCUT2D eigenvalue weighted by Crippen LogP contribution is -2.02. The Kier molecular flexibility index (Phi) is 3.64. The number of hydrogen-bond acceptors (Lipinski definition) is 4. The second-order valence-corrected chi connectivity index (χ2v) is 2.77. The Bertz CT molecular complexity index is 276. The number of aliphatic hydroxyl groups excluding tert-OH is 1. The molecule has 1 N–H and O–H groups in total. The Morgan fingerprint density at radius 3 is 2.85 bits per heavy atom. The quantitative estimate of drug-likeness (QED) is 0.756. The zero-order chi connectivity index (χ0) is 9.68. The molecule has 0 atom stereocenters. The summed E-state index contributed by atoms with van der Waals surface area (Å²) in [6.45, 7) is 4.44. The van der Waals surface area contributed by atoms with E-state index < -0.39 is 0 Å². The summed E-state index contributed by atoms with van der Waals surface area (Å²) in [5.41, 5.74) is 1.51. The zero-order valence-corrected chi connectivity index (χ0v) is 7.95. The molecule has 0 saturated carbocycles. The van der Waals surface area contributed by atoms with Crippen molar-refractivity contribution in [3.63, 3.8) is 0 Å². The van der Waals surface area contributed by atoms with E-state index in [1.54, 1.807) is 6.20 Å². The lowest BCUT2D eigenvalue weighted by Gasteiger charge is -2.04. The highest BCUT2D eigenvalue weighted by Gasteiger charge is 2.02. The number of aromatic nitrogens is 2. The van der Waals surface area contributed by atoms with E-state index in [0.717, 1.165) is 17.7 Å². The number of aryl methyl sites for hydroxylation is 1. The molecule has 0 aliphatic rings. The summed E-state index contributed by atoms with van der Waals surface area (Å²) >= 11 is 0. The van der Waals surface area contributed by atoms with Gasteiger partial charge in [0.15, 0.2) is 0 Å². The van der Waals surface area contributed by atoms with Gasteiger partial charge < -0.3 is 9.84 Å². The van der Waals surface area contributed by atoms with Gasteiger partial charge in [-0.05, 0) is 13.3 Å². The first-order chi connectivity index (χ1) is 6.27. The average Bonchev–Trinajstić information content (AvgIpc) is 2.15. The van der Waals surface area contributed by atoms with Crippen molar-refractivity contribution < 1.29 is 9.84 Å². The van der Waals surface area contributed by atoms with E-state index in [2.05, 4.69) is 9.97 Å². The number of ether oxygens (including phenoxy) is 1. The summed E-state index contributed by atoms with van der Waals surface area (Å²) in [5.74, 6) is 0. The Morgan fingerprint density at radius 1 is 1.54 bits per heavy atom. The minimum Gasteiger partial charge on any atom is -0.463 e. The maximum atomic E-state index is 8.86. The number of hydrogen-bond donors (Lipinski definition) is 1. The monoisotopic (exact) mass is 182 g/mol. The molecule has 0 aromatic carbocycles. The third kappa shape index (κ3) is 2.66. The highest BCUT2D eigenvalue weighted by atomic mass is 16.5. The van der Waals surface area contributed by atoms with Gasteiger partial charge in [-0.1, -0.05) is 6.92 Å². The van der Waals surface area contributed by atoms with Crippen molar-refractivity contribution in [1.82, 2.24) is 9.97 Å². The third-order valence-electron chi connectivity index (χ3n) is 1.66. The maximum Gasteiger partial charge on any atom is 0.316 e. The largest absolute Gasteiger partial charge is 0.463 e. The van der Waals surface area contributed by atoms with Gasteiger partial charge >= 0.3 is 6.01 Å². The topological polar surface area (TPSA) is 55.2 Å². The van der Waals surface area contributed by atoms with Crippen molar-refractivity contribution in [1.29, 1.82) is 0 Å². The lowest BCUT2D eigenvalue weighted by atomic mass is 10.3. The van der Waals surface area contributed by atoms with Gasteiger partial charge in [-0.3, -0.25) is 0 Å². The van der Waals surface area contributed by atoms with Crippen molar-refractivity contribution in [3.05, 3.63) is 17.5 Å². The first-order valence-corrected chi connectivity index (χ1v) is 4.34. The van der Waals surface area contributed by atoms with E-state index in [-0.39, 0.29) is 6.61 Å². The standard InChI is InChI=1S/C9H14N2O2/c1-3-4-13-9-10-5-8(6-12)7(2)11-9/h5,12H,3-4,6H2,1-2H3. The van der Waals surface area contributed by atoms with Crippen LogP contribution in [0.25, 0.3) is 0 Å². The molecular formula is C9H14N2O2. The van der Waals surface area contributed by atoms with Gasteiger partial charge in [0.25, 0.3) is 0 Å². The average molecular weight is 182 g/mol. The molecule has 72 valence electrons. The van der Waals surface area contributed by atoms with Gasteiger partial charge in [0.05, 0.1) is 18.9 Å². The maximum absolute atomic E-state index is 8.86. The summed E-state index contributed by atoms with van der Waals surface area (Å²) in [7, 11) is 0. The molecule has 0 spiro atoms. The molecule has 0 saturated heterocycles. The fraction of sp³-hybridized carbons (Fsp3) is 0.556. The summed E-state index contributed by atoms with van der Waals surface area (Å²) in [6, 6.07) is 0.386. The molecule has 0 aliphatic carbocycles. The van der Waals surface area contributed by atoms with Crippen LogP contribution < -0.4 is 4.74 Å². The van der Waals surface area contributed by atoms with E-state index in [1.165, 1.54) is 0 Å². The number of nitrogens with zero attached hydrogens (tertiary/aromatic N) is 2. The van der Waals surface area contributed by atoms with E-state index >= 15 is 0 Å². The predicted octanol–water partition coefficient (Wildman–Crippen LogP) is 1.07. The van der Waals surface area contributed by atoms with Gasteiger partial charge in [-0.25, -0.2) is 9.97 Å². The van der Waals surface area contributed by atoms with Crippen molar-refractivity contribution in [2.45, 2.75) is 26.9 Å². The molecule has 0 aliphatic heterocycles. The molecule has 0 fully saturated rings. The lowest BCUT2D eigenvalue weighted by molar-refractivity contribution is 0.274. The number of aliphatic hydroxyl groups is 1. The van der Waals surface area contributed by atoms with Crippen LogP contribution in [0.2, 0.25) is 0 Å². The van der Waals surface area contributed by atoms with Gasteiger partial charge in [0.2, 0.25) is 0 Å². The van der Waals surface area contributed by atoms with Crippen LogP contribution >= 0.6 is 0 Å². The zero-order valence-electron chi connectivity index (χ0n) is 7.95. The second kappa shape index (κ2) is 4.77. The highest BCUT2D eigenvalue weighted by molar-refractivity contribution is 5.16. The third-order valence-corrected chi connectivity index (χ3v) is 1.66. The fourth-order valence-corrected chi connectivity index (χ4v) is 0.889. The first-order valence-electron chi connectivity index (χ1n) is 4.34. The molecule has 4 heteroatoms. The van der Waals surface area contributed by atoms with Gasteiger partial charge in [0.1, 0.15) is 0 Å². The second-order valence-electron chi connectivity index (χ2n) is 2.77. The Labute approximate surface area is 77.6 Å². The molecule has 0 unspecified atom stereocenters. The molecule has 1 rings (SSSR count). The van der Waals surface area contributed by atoms with Crippen LogP contribution in [-0.4, -0.2) is 21.7 Å². The molecule has 1 aromatic rings. The van der Waals surface area contributed by atoms with Crippen LogP contribution in [0, 0.1) is 6.92 Å². The van der Waals surface area contributed by atoms with Crippen molar-refractivity contribution in [2.24, 2.45) is 0 Å². The summed E-state index contributed by atoms with van der Waals surface area (Å²) < 4.78 is 5.23. The summed E-state index contributed by atoms with van der Waals surface area (Å²) in [5, 5.41) is 8.86. The Balaban J connectivity index is 2.71. The van der Waals surface area contributed by atoms with Crippen LogP contribution in [0.4, 0.5) is 0 Å². The Hall–Kier alpha value is -1.16. The molecule has 4 nitrogen and oxygen atoms in total.